The SMILES string of the molecule is Cc1ccccc1NC(=O)c1nc(C(=O)Nc2ccc(F)cc2)c2ccccn12. The zero-order valence-electron chi connectivity index (χ0n) is 15.5. The lowest BCUT2D eigenvalue weighted by molar-refractivity contribution is 0.101. The first-order chi connectivity index (χ1) is 14.0. The number of hydrogen-bond donors (Lipinski definition) is 2. The molecule has 2 aromatic heterocycles. The van der Waals surface area contributed by atoms with Crippen LogP contribution in [0.3, 0.4) is 0 Å². The van der Waals surface area contributed by atoms with Gasteiger partial charge in [-0.2, -0.15) is 0 Å². The van der Waals surface area contributed by atoms with Gasteiger partial charge in [-0.3, -0.25) is 14.0 Å². The molecule has 0 aliphatic heterocycles. The monoisotopic (exact) mass is 388 g/mol. The number of carbonyl (C=O) groups is 2. The third-order valence-corrected chi connectivity index (χ3v) is 4.46. The van der Waals surface area contributed by atoms with Gasteiger partial charge in [-0.05, 0) is 55.0 Å². The van der Waals surface area contributed by atoms with Crippen LogP contribution in [0.2, 0.25) is 0 Å². The fraction of sp³-hybridized carbons (Fsp3) is 0.0455. The summed E-state index contributed by atoms with van der Waals surface area (Å²) in [5.41, 5.74) is 2.60. The van der Waals surface area contributed by atoms with Crippen molar-refractivity contribution >= 4 is 28.7 Å². The highest BCUT2D eigenvalue weighted by atomic mass is 19.1. The summed E-state index contributed by atoms with van der Waals surface area (Å²) in [4.78, 5) is 29.9. The number of nitrogens with one attached hydrogen (secondary N) is 2. The number of carbonyl (C=O) groups excluding carboxylic acids is 2. The molecule has 0 atom stereocenters. The molecule has 0 saturated carbocycles. The van der Waals surface area contributed by atoms with Crippen molar-refractivity contribution < 1.29 is 14.0 Å². The highest BCUT2D eigenvalue weighted by Crippen LogP contribution is 2.19. The fourth-order valence-electron chi connectivity index (χ4n) is 2.98. The van der Waals surface area contributed by atoms with Gasteiger partial charge in [-0.25, -0.2) is 9.37 Å². The van der Waals surface area contributed by atoms with E-state index >= 15 is 0 Å². The summed E-state index contributed by atoms with van der Waals surface area (Å²) in [6.45, 7) is 1.89. The second-order valence-electron chi connectivity index (χ2n) is 6.47. The lowest BCUT2D eigenvalue weighted by Gasteiger charge is -2.07. The third kappa shape index (κ3) is 3.70. The molecule has 29 heavy (non-hydrogen) atoms. The minimum atomic E-state index is -0.491. The molecule has 0 radical (unpaired) electrons. The summed E-state index contributed by atoms with van der Waals surface area (Å²) in [7, 11) is 0. The Labute approximate surface area is 166 Å². The van der Waals surface area contributed by atoms with Gasteiger partial charge < -0.3 is 10.6 Å². The number of aryl methyl sites for hydroxylation is 1. The lowest BCUT2D eigenvalue weighted by atomic mass is 10.2. The summed E-state index contributed by atoms with van der Waals surface area (Å²) in [5, 5.41) is 5.51. The highest BCUT2D eigenvalue weighted by Gasteiger charge is 2.22. The van der Waals surface area contributed by atoms with Crippen molar-refractivity contribution in [3.8, 4) is 0 Å². The average Bonchev–Trinajstić information content (AvgIpc) is 3.11. The van der Waals surface area contributed by atoms with Crippen LogP contribution in [0, 0.1) is 12.7 Å². The van der Waals surface area contributed by atoms with Crippen LogP contribution in [-0.4, -0.2) is 21.2 Å². The van der Waals surface area contributed by atoms with Crippen LogP contribution in [0.5, 0.6) is 0 Å². The molecule has 7 heteroatoms. The Kier molecular flexibility index (Phi) is 4.78. The Morgan fingerprint density at radius 3 is 2.38 bits per heavy atom. The maximum Gasteiger partial charge on any atom is 0.292 e. The normalized spacial score (nSPS) is 10.7. The molecule has 4 rings (SSSR count). The molecular formula is C22H17FN4O2. The molecule has 0 aliphatic rings. The van der Waals surface area contributed by atoms with E-state index in [9.17, 15) is 14.0 Å². The van der Waals surface area contributed by atoms with Crippen LogP contribution in [0.1, 0.15) is 26.7 Å². The Balaban J connectivity index is 1.67. The molecule has 0 fully saturated rings. The molecule has 2 aromatic carbocycles. The number of nitrogens with zero attached hydrogens (tertiary/aromatic N) is 2. The number of benzene rings is 2. The van der Waals surface area contributed by atoms with Gasteiger partial charge in [0.25, 0.3) is 11.8 Å². The summed E-state index contributed by atoms with van der Waals surface area (Å²) < 4.78 is 14.6. The maximum absolute atomic E-state index is 13.1. The summed E-state index contributed by atoms with van der Waals surface area (Å²) in [5.74, 6) is -1.23. The van der Waals surface area contributed by atoms with E-state index in [2.05, 4.69) is 15.6 Å². The van der Waals surface area contributed by atoms with Gasteiger partial charge in [0, 0.05) is 17.6 Å². The van der Waals surface area contributed by atoms with Gasteiger partial charge in [0.15, 0.2) is 5.69 Å². The van der Waals surface area contributed by atoms with Crippen LogP contribution < -0.4 is 10.6 Å². The lowest BCUT2D eigenvalue weighted by Crippen LogP contribution is -2.17. The molecule has 2 N–H and O–H groups in total. The van der Waals surface area contributed by atoms with E-state index in [4.69, 9.17) is 0 Å². The van der Waals surface area contributed by atoms with Gasteiger partial charge >= 0.3 is 0 Å². The van der Waals surface area contributed by atoms with Gasteiger partial charge in [0.1, 0.15) is 5.82 Å². The number of para-hydroxylation sites is 1. The van der Waals surface area contributed by atoms with Crippen molar-refractivity contribution in [1.82, 2.24) is 9.38 Å². The second kappa shape index (κ2) is 7.55. The number of halogens is 1. The van der Waals surface area contributed by atoms with Crippen molar-refractivity contribution in [3.05, 3.63) is 95.8 Å². The average molecular weight is 388 g/mol. The molecule has 0 bridgehead atoms. The van der Waals surface area contributed by atoms with E-state index in [1.54, 1.807) is 34.9 Å². The molecule has 4 aromatic rings. The predicted molar refractivity (Wildman–Crippen MR) is 109 cm³/mol. The molecule has 2 heterocycles. The van der Waals surface area contributed by atoms with Crippen molar-refractivity contribution in [1.29, 1.82) is 0 Å². The van der Waals surface area contributed by atoms with E-state index in [1.807, 2.05) is 25.1 Å². The topological polar surface area (TPSA) is 75.5 Å². The van der Waals surface area contributed by atoms with Gasteiger partial charge in [-0.15, -0.1) is 0 Å². The number of imidazole rings is 1. The molecule has 0 aliphatic carbocycles. The molecule has 2 amide bonds. The Hall–Kier alpha value is -4.00. The van der Waals surface area contributed by atoms with Crippen LogP contribution in [0.15, 0.2) is 72.9 Å². The first-order valence-electron chi connectivity index (χ1n) is 8.94. The number of hydrogen-bond acceptors (Lipinski definition) is 3. The van der Waals surface area contributed by atoms with E-state index < -0.39 is 17.6 Å². The van der Waals surface area contributed by atoms with Crippen LogP contribution in [0.25, 0.3) is 5.52 Å². The van der Waals surface area contributed by atoms with E-state index in [0.29, 0.717) is 16.9 Å². The summed E-state index contributed by atoms with van der Waals surface area (Å²) >= 11 is 0. The first kappa shape index (κ1) is 18.4. The molecule has 0 spiro atoms. The Morgan fingerprint density at radius 1 is 0.897 bits per heavy atom. The van der Waals surface area contributed by atoms with Crippen molar-refractivity contribution in [2.75, 3.05) is 10.6 Å². The van der Waals surface area contributed by atoms with Crippen LogP contribution >= 0.6 is 0 Å². The highest BCUT2D eigenvalue weighted by molar-refractivity contribution is 6.10. The Morgan fingerprint density at radius 2 is 1.62 bits per heavy atom. The number of anilines is 2. The molecule has 0 unspecified atom stereocenters. The fourth-order valence-corrected chi connectivity index (χ4v) is 2.98. The Bertz CT molecular complexity index is 1220. The quantitative estimate of drug-likeness (QED) is 0.548. The minimum absolute atomic E-state index is 0.0908. The predicted octanol–water partition coefficient (Wildman–Crippen LogP) is 4.29. The van der Waals surface area contributed by atoms with E-state index in [-0.39, 0.29) is 11.5 Å². The number of rotatable bonds is 4. The number of aromatic nitrogens is 2. The number of pyridine rings is 1. The van der Waals surface area contributed by atoms with Gasteiger partial charge in [0.2, 0.25) is 5.82 Å². The smallest absolute Gasteiger partial charge is 0.292 e. The standard InChI is InChI=1S/C22H17FN4O2/c1-14-6-2-3-7-17(14)25-22(29)20-26-19(18-8-4-5-13-27(18)20)21(28)24-16-11-9-15(23)10-12-16/h2-13H,1H3,(H,24,28)(H,25,29). The molecule has 0 saturated heterocycles. The maximum atomic E-state index is 13.1. The second-order valence-corrected chi connectivity index (χ2v) is 6.47. The summed E-state index contributed by atoms with van der Waals surface area (Å²) in [6, 6.07) is 18.0. The van der Waals surface area contributed by atoms with E-state index in [0.717, 1.165) is 5.56 Å². The van der Waals surface area contributed by atoms with Crippen LogP contribution in [-0.2, 0) is 0 Å². The zero-order valence-corrected chi connectivity index (χ0v) is 15.5. The van der Waals surface area contributed by atoms with Crippen LogP contribution in [0.4, 0.5) is 15.8 Å². The number of fused-ring (bicyclic) bond motifs is 1. The molecule has 144 valence electrons. The van der Waals surface area contributed by atoms with E-state index in [1.165, 1.54) is 24.3 Å². The number of amides is 2. The van der Waals surface area contributed by atoms with Crippen molar-refractivity contribution in [2.24, 2.45) is 0 Å². The van der Waals surface area contributed by atoms with Gasteiger partial charge in [0.05, 0.1) is 5.52 Å². The van der Waals surface area contributed by atoms with Gasteiger partial charge in [-0.1, -0.05) is 24.3 Å². The molecular weight excluding hydrogens is 371 g/mol. The zero-order chi connectivity index (χ0) is 20.4. The first-order valence-corrected chi connectivity index (χ1v) is 8.94. The summed E-state index contributed by atoms with van der Waals surface area (Å²) in [6.07, 6.45) is 1.67. The van der Waals surface area contributed by atoms with Crippen molar-refractivity contribution in [3.63, 3.8) is 0 Å². The third-order valence-electron chi connectivity index (χ3n) is 4.46. The van der Waals surface area contributed by atoms with Crippen molar-refractivity contribution in [2.45, 2.75) is 6.92 Å². The molecule has 6 nitrogen and oxygen atoms in total. The largest absolute Gasteiger partial charge is 0.321 e. The minimum Gasteiger partial charge on any atom is -0.321 e.